The molecule has 2 heterocycles. The average molecular weight is 482 g/mol. The van der Waals surface area contributed by atoms with Crippen LogP contribution in [0, 0.1) is 0 Å². The molecule has 0 aliphatic carbocycles. The van der Waals surface area contributed by atoms with Gasteiger partial charge in [0.1, 0.15) is 5.75 Å². The maximum absolute atomic E-state index is 12.5. The van der Waals surface area contributed by atoms with Gasteiger partial charge in [0.05, 0.1) is 21.3 Å². The average Bonchev–Trinajstić information content (AvgIpc) is 3.26. The molecule has 0 aliphatic heterocycles. The van der Waals surface area contributed by atoms with Gasteiger partial charge >= 0.3 is 6.36 Å². The van der Waals surface area contributed by atoms with Gasteiger partial charge in [-0.2, -0.15) is 11.8 Å². The van der Waals surface area contributed by atoms with Crippen molar-refractivity contribution in [3.63, 3.8) is 0 Å². The molecule has 0 radical (unpaired) electrons. The van der Waals surface area contributed by atoms with E-state index in [4.69, 9.17) is 0 Å². The molecule has 0 unspecified atom stereocenters. The Morgan fingerprint density at radius 1 is 1.19 bits per heavy atom. The van der Waals surface area contributed by atoms with Crippen LogP contribution in [0.15, 0.2) is 36.4 Å². The van der Waals surface area contributed by atoms with E-state index in [1.54, 1.807) is 23.9 Å². The summed E-state index contributed by atoms with van der Waals surface area (Å²) in [6.07, 6.45) is -2.78. The first-order valence-electron chi connectivity index (χ1n) is 9.40. The van der Waals surface area contributed by atoms with Crippen LogP contribution in [0.25, 0.3) is 21.3 Å². The van der Waals surface area contributed by atoms with Crippen molar-refractivity contribution in [1.29, 1.82) is 0 Å². The minimum Gasteiger partial charge on any atom is -0.406 e. The topological polar surface area (TPSA) is 81.1 Å². The number of anilines is 2. The Morgan fingerprint density at radius 3 is 2.75 bits per heavy atom. The van der Waals surface area contributed by atoms with Gasteiger partial charge in [0.2, 0.25) is 5.95 Å². The second kappa shape index (κ2) is 8.87. The Labute approximate surface area is 189 Å². The highest BCUT2D eigenvalue weighted by molar-refractivity contribution is 7.98. The normalized spacial score (nSPS) is 11.8. The number of carbonyl (C=O) groups is 1. The quantitative estimate of drug-likeness (QED) is 0.365. The summed E-state index contributed by atoms with van der Waals surface area (Å²) in [5.74, 6) is 0.860. The lowest BCUT2D eigenvalue weighted by molar-refractivity contribution is -0.274. The number of thioether (sulfide) groups is 1. The van der Waals surface area contributed by atoms with Crippen molar-refractivity contribution in [2.24, 2.45) is 7.05 Å². The third kappa shape index (κ3) is 4.91. The van der Waals surface area contributed by atoms with Crippen LogP contribution < -0.4 is 15.4 Å². The first-order valence-corrected chi connectivity index (χ1v) is 11.6. The molecule has 1 amide bonds. The Balaban J connectivity index is 1.56. The predicted molar refractivity (Wildman–Crippen MR) is 121 cm³/mol. The highest BCUT2D eigenvalue weighted by atomic mass is 32.2. The van der Waals surface area contributed by atoms with Crippen LogP contribution >= 0.6 is 23.1 Å². The number of nitrogens with one attached hydrogen (secondary N) is 2. The van der Waals surface area contributed by atoms with Gasteiger partial charge in [0.25, 0.3) is 5.91 Å². The smallest absolute Gasteiger partial charge is 0.406 e. The highest BCUT2D eigenvalue weighted by Crippen LogP contribution is 2.33. The van der Waals surface area contributed by atoms with E-state index in [0.29, 0.717) is 38.9 Å². The van der Waals surface area contributed by atoms with E-state index < -0.39 is 6.36 Å². The van der Waals surface area contributed by atoms with Gasteiger partial charge in [-0.05, 0) is 36.6 Å². The van der Waals surface area contributed by atoms with Gasteiger partial charge in [0.15, 0.2) is 5.13 Å². The van der Waals surface area contributed by atoms with Crippen LogP contribution in [0.4, 0.5) is 24.3 Å². The Morgan fingerprint density at radius 2 is 2.00 bits per heavy atom. The van der Waals surface area contributed by atoms with Crippen LogP contribution in [0.2, 0.25) is 0 Å². The zero-order chi connectivity index (χ0) is 22.9. The Kier molecular flexibility index (Phi) is 6.15. The number of nitrogens with zero attached hydrogens (tertiary/aromatic N) is 3. The van der Waals surface area contributed by atoms with Crippen LogP contribution in [0.1, 0.15) is 10.4 Å². The second-order valence-electron chi connectivity index (χ2n) is 6.77. The molecule has 0 spiro atoms. The van der Waals surface area contributed by atoms with Crippen LogP contribution in [-0.2, 0) is 7.05 Å². The van der Waals surface area contributed by atoms with Crippen molar-refractivity contribution in [3.8, 4) is 5.75 Å². The molecule has 4 aromatic rings. The van der Waals surface area contributed by atoms with E-state index in [-0.39, 0.29) is 11.7 Å². The van der Waals surface area contributed by atoms with E-state index in [9.17, 15) is 18.0 Å². The van der Waals surface area contributed by atoms with Crippen molar-refractivity contribution in [2.75, 3.05) is 23.9 Å². The largest absolute Gasteiger partial charge is 0.573 e. The standard InChI is InChI=1S/C20H18F3N5O2S2/c1-28-15-6-3-11(17(29)24-7-8-31-2)9-14(15)25-18(28)27-19-26-13-5-4-12(10-16(13)32-19)30-20(21,22)23/h3-6,9-10H,7-8H2,1-2H3,(H,24,29)(H,25,26,27). The molecule has 0 aliphatic rings. The molecular weight excluding hydrogens is 463 g/mol. The number of fused-ring (bicyclic) bond motifs is 2. The number of thiazole rings is 1. The molecule has 4 rings (SSSR count). The molecule has 0 fully saturated rings. The summed E-state index contributed by atoms with van der Waals surface area (Å²) in [5, 5.41) is 6.43. The maximum Gasteiger partial charge on any atom is 0.573 e. The SMILES string of the molecule is CSCCNC(=O)c1ccc2c(c1)nc(Nc1nc3ccc(OC(F)(F)F)cc3s1)n2C. The lowest BCUT2D eigenvalue weighted by Crippen LogP contribution is -2.25. The second-order valence-corrected chi connectivity index (χ2v) is 8.78. The lowest BCUT2D eigenvalue weighted by atomic mass is 10.2. The summed E-state index contributed by atoms with van der Waals surface area (Å²) in [6.45, 7) is 0.584. The molecule has 168 valence electrons. The van der Waals surface area contributed by atoms with Crippen molar-refractivity contribution >= 4 is 61.3 Å². The minimum absolute atomic E-state index is 0.163. The Hall–Kier alpha value is -2.99. The first-order chi connectivity index (χ1) is 15.2. The van der Waals surface area contributed by atoms with E-state index in [1.165, 1.54) is 29.5 Å². The van der Waals surface area contributed by atoms with Crippen molar-refractivity contribution in [1.82, 2.24) is 19.9 Å². The number of imidazole rings is 1. The van der Waals surface area contributed by atoms with Crippen LogP contribution in [0.5, 0.6) is 5.75 Å². The summed E-state index contributed by atoms with van der Waals surface area (Å²) < 4.78 is 43.7. The zero-order valence-electron chi connectivity index (χ0n) is 17.0. The number of alkyl halides is 3. The van der Waals surface area contributed by atoms with Gasteiger partial charge in [-0.3, -0.25) is 4.79 Å². The van der Waals surface area contributed by atoms with Crippen molar-refractivity contribution in [2.45, 2.75) is 6.36 Å². The molecule has 7 nitrogen and oxygen atoms in total. The molecule has 12 heteroatoms. The molecule has 0 bridgehead atoms. The van der Waals surface area contributed by atoms with Crippen LogP contribution in [-0.4, -0.2) is 45.4 Å². The third-order valence-corrected chi connectivity index (χ3v) is 6.09. The Bertz CT molecular complexity index is 1290. The number of benzene rings is 2. The van der Waals surface area contributed by atoms with Gasteiger partial charge in [-0.1, -0.05) is 11.3 Å². The maximum atomic E-state index is 12.5. The zero-order valence-corrected chi connectivity index (χ0v) is 18.6. The lowest BCUT2D eigenvalue weighted by Gasteiger charge is -2.07. The minimum atomic E-state index is -4.75. The summed E-state index contributed by atoms with van der Waals surface area (Å²) in [5.41, 5.74) is 2.50. The summed E-state index contributed by atoms with van der Waals surface area (Å²) in [7, 11) is 1.82. The molecule has 2 aromatic heterocycles. The molecular formula is C20H18F3N5O2S2. The number of ether oxygens (including phenoxy) is 1. The van der Waals surface area contributed by atoms with Gasteiger partial charge in [0, 0.05) is 31.0 Å². The van der Waals surface area contributed by atoms with Crippen LogP contribution in [0.3, 0.4) is 0 Å². The summed E-state index contributed by atoms with van der Waals surface area (Å²) in [4.78, 5) is 21.2. The summed E-state index contributed by atoms with van der Waals surface area (Å²) >= 11 is 2.83. The van der Waals surface area contributed by atoms with E-state index >= 15 is 0 Å². The fraction of sp³-hybridized carbons (Fsp3) is 0.250. The molecule has 32 heavy (non-hydrogen) atoms. The molecule has 0 saturated carbocycles. The summed E-state index contributed by atoms with van der Waals surface area (Å²) in [6, 6.07) is 9.25. The molecule has 0 saturated heterocycles. The number of aryl methyl sites for hydroxylation is 1. The number of hydrogen-bond acceptors (Lipinski definition) is 7. The number of carbonyl (C=O) groups excluding carboxylic acids is 1. The van der Waals surface area contributed by atoms with E-state index in [2.05, 4.69) is 25.3 Å². The number of aromatic nitrogens is 3. The number of rotatable bonds is 7. The van der Waals surface area contributed by atoms with Gasteiger partial charge in [-0.15, -0.1) is 13.2 Å². The number of amides is 1. The van der Waals surface area contributed by atoms with Crippen molar-refractivity contribution in [3.05, 3.63) is 42.0 Å². The fourth-order valence-corrected chi connectivity index (χ4v) is 4.27. The molecule has 0 atom stereocenters. The molecule has 2 N–H and O–H groups in total. The van der Waals surface area contributed by atoms with E-state index in [0.717, 1.165) is 11.3 Å². The predicted octanol–water partition coefficient (Wildman–Crippen LogP) is 4.92. The molecule has 2 aromatic carbocycles. The third-order valence-electron chi connectivity index (χ3n) is 4.55. The fourth-order valence-electron chi connectivity index (χ4n) is 3.07. The number of halogens is 3. The number of hydrogen-bond donors (Lipinski definition) is 2. The van der Waals surface area contributed by atoms with E-state index in [1.807, 2.05) is 23.9 Å². The van der Waals surface area contributed by atoms with Crippen molar-refractivity contribution < 1.29 is 22.7 Å². The van der Waals surface area contributed by atoms with Gasteiger partial charge in [-0.25, -0.2) is 9.97 Å². The first kappa shape index (κ1) is 22.2. The highest BCUT2D eigenvalue weighted by Gasteiger charge is 2.31. The monoisotopic (exact) mass is 481 g/mol. The van der Waals surface area contributed by atoms with Gasteiger partial charge < -0.3 is 19.9 Å².